The number of fused-ring (bicyclic) bond motifs is 1. The molecule has 0 aliphatic carbocycles. The largest absolute Gasteiger partial charge is 1.00 e. The van der Waals surface area contributed by atoms with Gasteiger partial charge in [-0.25, -0.2) is 4.39 Å². The van der Waals surface area contributed by atoms with Crippen molar-refractivity contribution in [1.29, 1.82) is 0 Å². The van der Waals surface area contributed by atoms with E-state index in [1.807, 2.05) is 6.07 Å². The van der Waals surface area contributed by atoms with Crippen molar-refractivity contribution in [3.05, 3.63) is 48.4 Å². The van der Waals surface area contributed by atoms with Crippen LogP contribution in [0.15, 0.2) is 42.7 Å². The van der Waals surface area contributed by atoms with Crippen molar-refractivity contribution in [1.82, 2.24) is 15.2 Å². The Morgan fingerprint density at radius 2 is 1.85 bits per heavy atom. The minimum atomic E-state index is -6.00. The van der Waals surface area contributed by atoms with Gasteiger partial charge in [0.05, 0.1) is 11.7 Å². The molecule has 2 heterocycles. The zero-order valence-corrected chi connectivity index (χ0v) is 17.8. The van der Waals surface area contributed by atoms with Crippen molar-refractivity contribution in [3.8, 4) is 11.1 Å². The maximum Gasteiger partial charge on any atom is 1.00 e. The summed E-state index contributed by atoms with van der Waals surface area (Å²) in [7, 11) is -11.8. The summed E-state index contributed by atoms with van der Waals surface area (Å²) >= 11 is 0. The number of nitrogens with one attached hydrogen (secondary N) is 1. The molecule has 3 aromatic rings. The van der Waals surface area contributed by atoms with Crippen LogP contribution < -0.4 is 34.5 Å². The summed E-state index contributed by atoms with van der Waals surface area (Å²) < 4.78 is 36.9. The summed E-state index contributed by atoms with van der Waals surface area (Å²) in [4.78, 5) is 42.1. The molecule has 0 aliphatic rings. The van der Waals surface area contributed by atoms with Gasteiger partial charge in [-0.3, -0.25) is 14.6 Å². The molecule has 0 radical (unpaired) electrons. The van der Waals surface area contributed by atoms with Crippen molar-refractivity contribution < 1.29 is 62.7 Å². The van der Waals surface area contributed by atoms with Crippen molar-refractivity contribution in [3.63, 3.8) is 0 Å². The van der Waals surface area contributed by atoms with Crippen LogP contribution in [0.2, 0.25) is 0 Å². The van der Waals surface area contributed by atoms with Gasteiger partial charge >= 0.3 is 37.2 Å². The van der Waals surface area contributed by atoms with Gasteiger partial charge in [-0.15, -0.1) is 0 Å². The maximum atomic E-state index is 14.4. The Balaban J connectivity index is 0.00000261. The van der Waals surface area contributed by atoms with E-state index in [2.05, 4.69) is 15.2 Å². The molecule has 0 bridgehead atoms. The van der Waals surface area contributed by atoms with Crippen molar-refractivity contribution >= 4 is 26.1 Å². The van der Waals surface area contributed by atoms with Crippen LogP contribution in [0.4, 0.5) is 4.39 Å². The molecule has 0 spiro atoms. The van der Waals surface area contributed by atoms with Crippen LogP contribution in [-0.4, -0.2) is 35.0 Å². The molecule has 0 fully saturated rings. The van der Waals surface area contributed by atoms with Gasteiger partial charge in [0, 0.05) is 29.3 Å². The molecule has 2 unspecified atom stereocenters. The zero-order valence-electron chi connectivity index (χ0n) is 14.0. The Kier molecular flexibility index (Phi) is 6.48. The van der Waals surface area contributed by atoms with Crippen molar-refractivity contribution in [2.24, 2.45) is 0 Å². The number of nitrogens with zero attached hydrogens (tertiary/aromatic N) is 2. The van der Waals surface area contributed by atoms with Crippen LogP contribution in [0, 0.1) is 0 Å². The van der Waals surface area contributed by atoms with E-state index in [-0.39, 0.29) is 35.3 Å². The van der Waals surface area contributed by atoms with Crippen LogP contribution in [0.1, 0.15) is 5.69 Å². The monoisotopic (exact) mass is 423 g/mol. The van der Waals surface area contributed by atoms with E-state index in [9.17, 15) is 18.4 Å². The molecule has 0 saturated carbocycles. The van der Waals surface area contributed by atoms with Crippen LogP contribution in [0.5, 0.6) is 0 Å². The molecule has 0 saturated heterocycles. The van der Waals surface area contributed by atoms with Crippen LogP contribution >= 0.6 is 15.2 Å². The second kappa shape index (κ2) is 7.83. The van der Waals surface area contributed by atoms with Gasteiger partial charge in [-0.2, -0.15) is 5.10 Å². The molecule has 27 heavy (non-hydrogen) atoms. The number of alkyl halides is 1. The second-order valence-electron chi connectivity index (χ2n) is 5.64. The van der Waals surface area contributed by atoms with Crippen LogP contribution in [0.25, 0.3) is 22.0 Å². The van der Waals surface area contributed by atoms with E-state index < -0.39 is 26.8 Å². The normalized spacial score (nSPS) is 16.3. The van der Waals surface area contributed by atoms with Crippen molar-refractivity contribution in [2.75, 3.05) is 0 Å². The van der Waals surface area contributed by atoms with Crippen molar-refractivity contribution in [2.45, 2.75) is 11.6 Å². The van der Waals surface area contributed by atoms with E-state index in [0.717, 1.165) is 16.5 Å². The molecule has 4 N–H and O–H groups in total. The first kappa shape index (κ1) is 22.4. The molecule has 1 aromatic carbocycles. The topological polar surface area (TPSA) is 159 Å². The number of hydrogen-bond donors (Lipinski definition) is 4. The number of benzene rings is 1. The summed E-state index contributed by atoms with van der Waals surface area (Å²) in [5.41, 5.74) is 1.90. The summed E-state index contributed by atoms with van der Waals surface area (Å²) in [5, 5.41) is 3.40. The van der Waals surface area contributed by atoms with Gasteiger partial charge in [0.2, 0.25) is 0 Å². The predicted octanol–water partition coefficient (Wildman–Crippen LogP) is -1.48. The van der Waals surface area contributed by atoms with Crippen LogP contribution in [0.3, 0.4) is 0 Å². The third-order valence-corrected chi connectivity index (χ3v) is 7.52. The second-order valence-corrected chi connectivity index (χ2v) is 9.53. The Hall–Kier alpha value is -0.930. The number of aromatic nitrogens is 3. The number of H-pyrrole nitrogens is 1. The van der Waals surface area contributed by atoms with E-state index in [1.165, 1.54) is 18.3 Å². The van der Waals surface area contributed by atoms with Gasteiger partial charge in [-0.05, 0) is 17.7 Å². The van der Waals surface area contributed by atoms with E-state index in [4.69, 9.17) is 14.7 Å². The number of aromatic amines is 1. The first-order chi connectivity index (χ1) is 12.0. The Morgan fingerprint density at radius 3 is 2.41 bits per heavy atom. The van der Waals surface area contributed by atoms with Gasteiger partial charge in [-0.1, -0.05) is 18.2 Å². The summed E-state index contributed by atoms with van der Waals surface area (Å²) in [6, 6.07) is 8.12. The molecule has 3 rings (SSSR count). The fraction of sp³-hybridized carbons (Fsp3) is 0.143. The van der Waals surface area contributed by atoms with E-state index in [0.29, 0.717) is 5.56 Å². The SMILES string of the molecule is O=P([O-])(O)C(F)(Cc1ccc(-c2cccc3[nH]ncc23)cn1)P(=O)(O)O.[Na+]. The third kappa shape index (κ3) is 4.24. The fourth-order valence-electron chi connectivity index (χ4n) is 2.51. The van der Waals surface area contributed by atoms with E-state index >= 15 is 0 Å². The molecule has 9 nitrogen and oxygen atoms in total. The molecule has 0 amide bonds. The Bertz CT molecular complexity index is 1030. The molecular formula is C14H13FN3NaO6P2. The Labute approximate surface area is 174 Å². The van der Waals surface area contributed by atoms with Gasteiger partial charge < -0.3 is 24.1 Å². The first-order valence-electron chi connectivity index (χ1n) is 7.19. The number of halogens is 1. The molecule has 13 heteroatoms. The number of hydrogen-bond acceptors (Lipinski definition) is 5. The van der Waals surface area contributed by atoms with E-state index in [1.54, 1.807) is 18.3 Å². The van der Waals surface area contributed by atoms with Gasteiger partial charge in [0.25, 0.3) is 5.15 Å². The minimum absolute atomic E-state index is 0. The number of pyridine rings is 1. The minimum Gasteiger partial charge on any atom is -0.776 e. The fourth-order valence-corrected chi connectivity index (χ4v) is 4.55. The zero-order chi connectivity index (χ0) is 19.2. The van der Waals surface area contributed by atoms with Crippen LogP contribution in [-0.2, 0) is 15.6 Å². The predicted molar refractivity (Wildman–Crippen MR) is 88.7 cm³/mol. The molecular weight excluding hydrogens is 410 g/mol. The average molecular weight is 423 g/mol. The standard InChI is InChI=1S/C14H14FN3O6P2.Na/c15-14(25(19,20)21,26(22,23)24)6-10-5-4-9(7-16-10)11-2-1-3-13-12(11)8-17-18-13;/h1-5,7-8H,6H2,(H,17,18)(H2,19,20,21)(H2,22,23,24);/q;+1/p-1. The molecule has 2 aromatic heterocycles. The van der Waals surface area contributed by atoms with Gasteiger partial charge in [0.15, 0.2) is 7.60 Å². The molecule has 2 atom stereocenters. The quantitative estimate of drug-likeness (QED) is 0.286. The molecule has 138 valence electrons. The first-order valence-corrected chi connectivity index (χ1v) is 10.4. The maximum absolute atomic E-state index is 14.4. The third-order valence-electron chi connectivity index (χ3n) is 3.91. The van der Waals surface area contributed by atoms with Gasteiger partial charge in [0.1, 0.15) is 0 Å². The Morgan fingerprint density at radius 1 is 1.15 bits per heavy atom. The average Bonchev–Trinajstić information content (AvgIpc) is 3.02. The molecule has 0 aliphatic heterocycles. The summed E-state index contributed by atoms with van der Waals surface area (Å²) in [6.07, 6.45) is 1.63. The number of rotatable bonds is 5. The smallest absolute Gasteiger partial charge is 0.776 e. The summed E-state index contributed by atoms with van der Waals surface area (Å²) in [5.74, 6) is 0. The summed E-state index contributed by atoms with van der Waals surface area (Å²) in [6.45, 7) is 0.